The number of benzene rings is 1. The molecule has 0 aliphatic carbocycles. The maximum absolute atomic E-state index is 11.3. The molecular formula is C17H21ClN2O3. The van der Waals surface area contributed by atoms with Crippen molar-refractivity contribution in [1.82, 2.24) is 9.88 Å². The number of ether oxygens (including phenoxy) is 2. The zero-order valence-electron chi connectivity index (χ0n) is 13.8. The lowest BCUT2D eigenvalue weighted by atomic mass is 10.2. The summed E-state index contributed by atoms with van der Waals surface area (Å²) in [4.78, 5) is 11.3. The summed E-state index contributed by atoms with van der Waals surface area (Å²) in [5.74, 6) is 1.15. The van der Waals surface area contributed by atoms with Crippen LogP contribution in [0.2, 0.25) is 0 Å². The van der Waals surface area contributed by atoms with Crippen molar-refractivity contribution in [3.8, 4) is 17.2 Å². The number of rotatable bonds is 6. The van der Waals surface area contributed by atoms with Gasteiger partial charge < -0.3 is 19.4 Å². The minimum atomic E-state index is -0.178. The van der Waals surface area contributed by atoms with Gasteiger partial charge in [0, 0.05) is 29.7 Å². The average Bonchev–Trinajstić information content (AvgIpc) is 2.85. The molecule has 1 aromatic heterocycles. The van der Waals surface area contributed by atoms with E-state index < -0.39 is 0 Å². The molecule has 5 nitrogen and oxygen atoms in total. The van der Waals surface area contributed by atoms with Crippen LogP contribution in [0.1, 0.15) is 17.0 Å². The minimum absolute atomic E-state index is 0.0333. The van der Waals surface area contributed by atoms with Gasteiger partial charge in [0.15, 0.2) is 11.5 Å². The third-order valence-electron chi connectivity index (χ3n) is 3.76. The summed E-state index contributed by atoms with van der Waals surface area (Å²) < 4.78 is 12.8. The monoisotopic (exact) mass is 336 g/mol. The van der Waals surface area contributed by atoms with Crippen molar-refractivity contribution in [3.05, 3.63) is 41.2 Å². The van der Waals surface area contributed by atoms with Crippen molar-refractivity contribution >= 4 is 17.5 Å². The van der Waals surface area contributed by atoms with Crippen LogP contribution in [0.5, 0.6) is 11.5 Å². The predicted molar refractivity (Wildman–Crippen MR) is 90.9 cm³/mol. The molecule has 0 bridgehead atoms. The molecule has 6 heteroatoms. The van der Waals surface area contributed by atoms with Crippen LogP contribution >= 0.6 is 11.6 Å². The molecule has 1 aromatic carbocycles. The standard InChI is InChI=1S/C17H21ClN2O3/c1-11-7-13(10-19-17(21)9-18)12(2)20(11)14-5-6-15(22-3)16(8-14)23-4/h5-8H,9-10H2,1-4H3,(H,19,21). The van der Waals surface area contributed by atoms with Crippen LogP contribution in [0, 0.1) is 13.8 Å². The first-order chi connectivity index (χ1) is 11.0. The van der Waals surface area contributed by atoms with Crippen LogP contribution < -0.4 is 14.8 Å². The SMILES string of the molecule is COc1ccc(-n2c(C)cc(CNC(=O)CCl)c2C)cc1OC. The first kappa shape index (κ1) is 17.2. The van der Waals surface area contributed by atoms with Crippen molar-refractivity contribution in [3.63, 3.8) is 0 Å². The summed E-state index contributed by atoms with van der Waals surface area (Å²) in [5, 5.41) is 2.79. The molecule has 0 saturated carbocycles. The number of amides is 1. The van der Waals surface area contributed by atoms with Gasteiger partial charge in [-0.1, -0.05) is 0 Å². The van der Waals surface area contributed by atoms with Gasteiger partial charge in [-0.3, -0.25) is 4.79 Å². The fraction of sp³-hybridized carbons (Fsp3) is 0.353. The molecule has 0 radical (unpaired) electrons. The first-order valence-corrected chi connectivity index (χ1v) is 7.78. The van der Waals surface area contributed by atoms with Crippen molar-refractivity contribution in [2.45, 2.75) is 20.4 Å². The van der Waals surface area contributed by atoms with Gasteiger partial charge >= 0.3 is 0 Å². The second-order valence-electron chi connectivity index (χ2n) is 5.18. The molecule has 23 heavy (non-hydrogen) atoms. The maximum atomic E-state index is 11.3. The number of halogens is 1. The highest BCUT2D eigenvalue weighted by Crippen LogP contribution is 2.31. The zero-order valence-corrected chi connectivity index (χ0v) is 14.5. The molecule has 1 N–H and O–H groups in total. The van der Waals surface area contributed by atoms with E-state index in [2.05, 4.69) is 16.0 Å². The molecule has 0 spiro atoms. The molecule has 2 rings (SSSR count). The van der Waals surface area contributed by atoms with E-state index in [0.717, 1.165) is 22.6 Å². The molecule has 0 saturated heterocycles. The van der Waals surface area contributed by atoms with E-state index in [9.17, 15) is 4.79 Å². The van der Waals surface area contributed by atoms with Crippen molar-refractivity contribution in [2.75, 3.05) is 20.1 Å². The van der Waals surface area contributed by atoms with Crippen molar-refractivity contribution in [2.24, 2.45) is 0 Å². The van der Waals surface area contributed by atoms with Crippen molar-refractivity contribution < 1.29 is 14.3 Å². The lowest BCUT2D eigenvalue weighted by molar-refractivity contribution is -0.118. The largest absolute Gasteiger partial charge is 0.493 e. The van der Waals surface area contributed by atoms with Gasteiger partial charge in [0.05, 0.1) is 14.2 Å². The average molecular weight is 337 g/mol. The van der Waals surface area contributed by atoms with Crippen LogP contribution in [0.25, 0.3) is 5.69 Å². The molecule has 2 aromatic rings. The van der Waals surface area contributed by atoms with Crippen LogP contribution in [-0.4, -0.2) is 30.6 Å². The highest BCUT2D eigenvalue weighted by molar-refractivity contribution is 6.27. The van der Waals surface area contributed by atoms with Gasteiger partial charge in [0.25, 0.3) is 0 Å². The van der Waals surface area contributed by atoms with Crippen LogP contribution in [0.15, 0.2) is 24.3 Å². The highest BCUT2D eigenvalue weighted by Gasteiger charge is 2.13. The molecular weight excluding hydrogens is 316 g/mol. The Balaban J connectivity index is 2.36. The number of alkyl halides is 1. The maximum Gasteiger partial charge on any atom is 0.235 e. The van der Waals surface area contributed by atoms with E-state index in [1.54, 1.807) is 14.2 Å². The number of carbonyl (C=O) groups is 1. The molecule has 0 aliphatic rings. The Kier molecular flexibility index (Phi) is 5.55. The fourth-order valence-electron chi connectivity index (χ4n) is 2.61. The van der Waals surface area contributed by atoms with E-state index in [1.165, 1.54) is 0 Å². The summed E-state index contributed by atoms with van der Waals surface area (Å²) in [6.45, 7) is 4.50. The quantitative estimate of drug-likeness (QED) is 0.825. The summed E-state index contributed by atoms with van der Waals surface area (Å²) in [6.07, 6.45) is 0. The fourth-order valence-corrected chi connectivity index (χ4v) is 2.71. The number of aromatic nitrogens is 1. The Morgan fingerprint density at radius 1 is 1.17 bits per heavy atom. The number of methoxy groups -OCH3 is 2. The smallest absolute Gasteiger partial charge is 0.235 e. The van der Waals surface area contributed by atoms with Gasteiger partial charge in [-0.05, 0) is 37.6 Å². The van der Waals surface area contributed by atoms with Crippen LogP contribution in [0.4, 0.5) is 0 Å². The summed E-state index contributed by atoms with van der Waals surface area (Å²) in [7, 11) is 3.23. The molecule has 1 amide bonds. The topological polar surface area (TPSA) is 52.5 Å². The minimum Gasteiger partial charge on any atom is -0.493 e. The molecule has 0 fully saturated rings. The second-order valence-corrected chi connectivity index (χ2v) is 5.45. The summed E-state index contributed by atoms with van der Waals surface area (Å²) in [5.41, 5.74) is 4.16. The van der Waals surface area contributed by atoms with E-state index in [4.69, 9.17) is 21.1 Å². The van der Waals surface area contributed by atoms with E-state index >= 15 is 0 Å². The summed E-state index contributed by atoms with van der Waals surface area (Å²) in [6, 6.07) is 7.84. The zero-order chi connectivity index (χ0) is 17.0. The number of nitrogens with zero attached hydrogens (tertiary/aromatic N) is 1. The second kappa shape index (κ2) is 7.42. The van der Waals surface area contributed by atoms with Gasteiger partial charge in [-0.25, -0.2) is 0 Å². The Morgan fingerprint density at radius 3 is 2.48 bits per heavy atom. The van der Waals surface area contributed by atoms with E-state index in [0.29, 0.717) is 18.0 Å². The molecule has 124 valence electrons. The van der Waals surface area contributed by atoms with Gasteiger partial charge in [0.1, 0.15) is 5.88 Å². The van der Waals surface area contributed by atoms with Gasteiger partial charge in [-0.2, -0.15) is 0 Å². The number of aryl methyl sites for hydroxylation is 1. The van der Waals surface area contributed by atoms with Crippen LogP contribution in [-0.2, 0) is 11.3 Å². The lowest BCUT2D eigenvalue weighted by Crippen LogP contribution is -2.23. The Hall–Kier alpha value is -2.14. The predicted octanol–water partition coefficient (Wildman–Crippen LogP) is 2.97. The third kappa shape index (κ3) is 3.62. The Labute approximate surface area is 141 Å². The molecule has 0 aliphatic heterocycles. The number of carbonyl (C=O) groups excluding carboxylic acids is 1. The van der Waals surface area contributed by atoms with Crippen molar-refractivity contribution in [1.29, 1.82) is 0 Å². The van der Waals surface area contributed by atoms with Gasteiger partial charge in [0.2, 0.25) is 5.91 Å². The lowest BCUT2D eigenvalue weighted by Gasteiger charge is -2.14. The normalized spacial score (nSPS) is 10.5. The Morgan fingerprint density at radius 2 is 1.87 bits per heavy atom. The van der Waals surface area contributed by atoms with E-state index in [1.807, 2.05) is 32.0 Å². The van der Waals surface area contributed by atoms with Gasteiger partial charge in [-0.15, -0.1) is 11.6 Å². The first-order valence-electron chi connectivity index (χ1n) is 7.24. The molecule has 0 atom stereocenters. The highest BCUT2D eigenvalue weighted by atomic mass is 35.5. The number of hydrogen-bond donors (Lipinski definition) is 1. The number of hydrogen-bond acceptors (Lipinski definition) is 3. The molecule has 0 unspecified atom stereocenters. The number of nitrogens with one attached hydrogen (secondary N) is 1. The summed E-state index contributed by atoms with van der Waals surface area (Å²) >= 11 is 5.51. The third-order valence-corrected chi connectivity index (χ3v) is 4.00. The van der Waals surface area contributed by atoms with E-state index in [-0.39, 0.29) is 11.8 Å². The Bertz CT molecular complexity index is 710. The molecule has 1 heterocycles. The van der Waals surface area contributed by atoms with Crippen LogP contribution in [0.3, 0.4) is 0 Å².